The molecule has 3 heterocycles. The van der Waals surface area contributed by atoms with Crippen molar-refractivity contribution in [2.45, 2.75) is 20.8 Å². The molecule has 0 atom stereocenters. The van der Waals surface area contributed by atoms with E-state index in [0.29, 0.717) is 35.0 Å². The zero-order valence-corrected chi connectivity index (χ0v) is 14.7. The fourth-order valence-electron chi connectivity index (χ4n) is 2.36. The first-order valence-electron chi connectivity index (χ1n) is 8.01. The highest BCUT2D eigenvalue weighted by molar-refractivity contribution is 5.90. The van der Waals surface area contributed by atoms with Gasteiger partial charge in [-0.05, 0) is 39.0 Å². The zero-order valence-electron chi connectivity index (χ0n) is 14.7. The maximum atomic E-state index is 11.3. The maximum Gasteiger partial charge on any atom is 0.337 e. The number of aryl methyl sites for hydroxylation is 1. The molecule has 0 bridgehead atoms. The second kappa shape index (κ2) is 6.44. The fourth-order valence-corrected chi connectivity index (χ4v) is 2.36. The number of imidazole rings is 1. The third-order valence-electron chi connectivity index (χ3n) is 3.95. The van der Waals surface area contributed by atoms with Crippen LogP contribution in [0, 0.1) is 23.7 Å². The van der Waals surface area contributed by atoms with Crippen LogP contribution in [0.4, 0.5) is 5.82 Å². The third kappa shape index (κ3) is 3.47. The van der Waals surface area contributed by atoms with Gasteiger partial charge in [-0.1, -0.05) is 0 Å². The summed E-state index contributed by atoms with van der Waals surface area (Å²) in [6.07, 6.45) is 3.33. The molecule has 0 aliphatic carbocycles. The SMILES string of the molecule is Cc1ncc(-c2ccc3nc(NCC(C)(C)C#N)cn3n2)cc1C(=O)O. The predicted octanol–water partition coefficient (Wildman–Crippen LogP) is 2.76. The van der Waals surface area contributed by atoms with E-state index in [2.05, 4.69) is 26.5 Å². The first-order chi connectivity index (χ1) is 12.3. The van der Waals surface area contributed by atoms with Crippen molar-refractivity contribution in [1.82, 2.24) is 19.6 Å². The number of nitrogens with one attached hydrogen (secondary N) is 1. The number of carboxylic acids is 1. The molecular formula is C18H18N6O2. The Hall–Kier alpha value is -3.47. The molecule has 8 nitrogen and oxygen atoms in total. The van der Waals surface area contributed by atoms with Crippen LogP contribution < -0.4 is 5.32 Å². The van der Waals surface area contributed by atoms with Gasteiger partial charge in [-0.15, -0.1) is 0 Å². The molecule has 0 radical (unpaired) electrons. The molecule has 0 saturated heterocycles. The molecule has 0 spiro atoms. The maximum absolute atomic E-state index is 11.3. The molecule has 0 aliphatic rings. The predicted molar refractivity (Wildman–Crippen MR) is 95.8 cm³/mol. The average Bonchev–Trinajstić information content (AvgIpc) is 3.02. The largest absolute Gasteiger partial charge is 0.478 e. The van der Waals surface area contributed by atoms with Gasteiger partial charge in [0, 0.05) is 18.3 Å². The lowest BCUT2D eigenvalue weighted by molar-refractivity contribution is 0.0695. The van der Waals surface area contributed by atoms with E-state index in [1.54, 1.807) is 42.0 Å². The van der Waals surface area contributed by atoms with Crippen molar-refractivity contribution in [1.29, 1.82) is 5.26 Å². The summed E-state index contributed by atoms with van der Waals surface area (Å²) in [5.41, 5.74) is 1.95. The smallest absolute Gasteiger partial charge is 0.337 e. The van der Waals surface area contributed by atoms with Gasteiger partial charge in [0.15, 0.2) is 5.65 Å². The summed E-state index contributed by atoms with van der Waals surface area (Å²) in [6, 6.07) is 7.35. The molecule has 8 heteroatoms. The van der Waals surface area contributed by atoms with Crippen LogP contribution in [0.5, 0.6) is 0 Å². The molecule has 3 rings (SSSR count). The first-order valence-corrected chi connectivity index (χ1v) is 8.01. The molecule has 0 fully saturated rings. The van der Waals surface area contributed by atoms with Crippen molar-refractivity contribution in [3.63, 3.8) is 0 Å². The zero-order chi connectivity index (χ0) is 18.9. The number of pyridine rings is 1. The molecular weight excluding hydrogens is 332 g/mol. The van der Waals surface area contributed by atoms with Crippen molar-refractivity contribution in [2.24, 2.45) is 5.41 Å². The Morgan fingerprint density at radius 2 is 2.19 bits per heavy atom. The van der Waals surface area contributed by atoms with Crippen LogP contribution in [-0.2, 0) is 0 Å². The molecule has 0 amide bonds. The van der Waals surface area contributed by atoms with Crippen molar-refractivity contribution < 1.29 is 9.90 Å². The second-order valence-corrected chi connectivity index (χ2v) is 6.66. The quantitative estimate of drug-likeness (QED) is 0.726. The van der Waals surface area contributed by atoms with Gasteiger partial charge in [0.1, 0.15) is 5.82 Å². The van der Waals surface area contributed by atoms with E-state index in [9.17, 15) is 9.90 Å². The second-order valence-electron chi connectivity index (χ2n) is 6.66. The standard InChI is InChI=1S/C18H18N6O2/c1-11-13(17(25)26)6-12(7-20-11)14-4-5-16-22-15(8-24(16)23-14)21-10-18(2,3)9-19/h4-8,21H,10H2,1-3H3,(H,25,26). The summed E-state index contributed by atoms with van der Waals surface area (Å²) in [7, 11) is 0. The summed E-state index contributed by atoms with van der Waals surface area (Å²) in [4.78, 5) is 19.8. The number of hydrogen-bond donors (Lipinski definition) is 2. The Balaban J connectivity index is 1.92. The fraction of sp³-hybridized carbons (Fsp3) is 0.278. The van der Waals surface area contributed by atoms with E-state index < -0.39 is 11.4 Å². The number of hydrogen-bond acceptors (Lipinski definition) is 6. The number of nitrogens with zero attached hydrogens (tertiary/aromatic N) is 5. The van der Waals surface area contributed by atoms with E-state index in [0.717, 1.165) is 0 Å². The van der Waals surface area contributed by atoms with Crippen LogP contribution in [0.2, 0.25) is 0 Å². The minimum Gasteiger partial charge on any atom is -0.478 e. The Labute approximate surface area is 150 Å². The molecule has 0 aliphatic heterocycles. The number of aromatic carboxylic acids is 1. The highest BCUT2D eigenvalue weighted by Gasteiger charge is 2.17. The number of carbonyl (C=O) groups is 1. The lowest BCUT2D eigenvalue weighted by atomic mass is 9.96. The van der Waals surface area contributed by atoms with Crippen molar-refractivity contribution in [2.75, 3.05) is 11.9 Å². The summed E-state index contributed by atoms with van der Waals surface area (Å²) in [5.74, 6) is -0.404. The van der Waals surface area contributed by atoms with Crippen LogP contribution in [0.25, 0.3) is 16.9 Å². The highest BCUT2D eigenvalue weighted by Crippen LogP contribution is 2.21. The number of fused-ring (bicyclic) bond motifs is 1. The molecule has 3 aromatic heterocycles. The van der Waals surface area contributed by atoms with Gasteiger partial charge in [-0.3, -0.25) is 4.98 Å². The Kier molecular flexibility index (Phi) is 4.30. The van der Waals surface area contributed by atoms with E-state index in [1.807, 2.05) is 13.8 Å². The lowest BCUT2D eigenvalue weighted by Crippen LogP contribution is -2.21. The number of rotatable bonds is 5. The van der Waals surface area contributed by atoms with Gasteiger partial charge in [-0.25, -0.2) is 14.3 Å². The molecule has 26 heavy (non-hydrogen) atoms. The third-order valence-corrected chi connectivity index (χ3v) is 3.95. The molecule has 2 N–H and O–H groups in total. The van der Waals surface area contributed by atoms with Gasteiger partial charge in [-0.2, -0.15) is 10.4 Å². The minimum atomic E-state index is -1.02. The summed E-state index contributed by atoms with van der Waals surface area (Å²) in [6.45, 7) is 5.80. The van der Waals surface area contributed by atoms with Crippen molar-refractivity contribution in [3.05, 3.63) is 41.9 Å². The van der Waals surface area contributed by atoms with E-state index >= 15 is 0 Å². The number of anilines is 1. The van der Waals surface area contributed by atoms with Gasteiger partial charge in [0.25, 0.3) is 0 Å². The van der Waals surface area contributed by atoms with Crippen LogP contribution in [0.1, 0.15) is 29.9 Å². The topological polar surface area (TPSA) is 116 Å². The van der Waals surface area contributed by atoms with Crippen LogP contribution in [-0.4, -0.2) is 37.2 Å². The molecule has 132 valence electrons. The van der Waals surface area contributed by atoms with E-state index in [-0.39, 0.29) is 5.56 Å². The normalized spacial score (nSPS) is 11.3. The van der Waals surface area contributed by atoms with Gasteiger partial charge < -0.3 is 10.4 Å². The van der Waals surface area contributed by atoms with Gasteiger partial charge in [0.2, 0.25) is 0 Å². The molecule has 0 saturated carbocycles. The number of nitriles is 1. The van der Waals surface area contributed by atoms with E-state index in [1.165, 1.54) is 0 Å². The number of aromatic nitrogens is 4. The average molecular weight is 350 g/mol. The van der Waals surface area contributed by atoms with Crippen molar-refractivity contribution >= 4 is 17.4 Å². The molecule has 0 aromatic carbocycles. The summed E-state index contributed by atoms with van der Waals surface area (Å²) in [5, 5.41) is 25.9. The van der Waals surface area contributed by atoms with Crippen LogP contribution in [0.15, 0.2) is 30.6 Å². The Bertz CT molecular complexity index is 1030. The van der Waals surface area contributed by atoms with Crippen LogP contribution >= 0.6 is 0 Å². The lowest BCUT2D eigenvalue weighted by Gasteiger charge is -2.14. The Morgan fingerprint density at radius 3 is 2.88 bits per heavy atom. The molecule has 0 unspecified atom stereocenters. The summed E-state index contributed by atoms with van der Waals surface area (Å²) >= 11 is 0. The number of carboxylic acid groups (broad SMARTS) is 1. The van der Waals surface area contributed by atoms with Crippen molar-refractivity contribution in [3.8, 4) is 17.3 Å². The highest BCUT2D eigenvalue weighted by atomic mass is 16.4. The molecule has 3 aromatic rings. The first kappa shape index (κ1) is 17.4. The summed E-state index contributed by atoms with van der Waals surface area (Å²) < 4.78 is 1.61. The van der Waals surface area contributed by atoms with Crippen LogP contribution in [0.3, 0.4) is 0 Å². The van der Waals surface area contributed by atoms with E-state index in [4.69, 9.17) is 5.26 Å². The Morgan fingerprint density at radius 1 is 1.42 bits per heavy atom. The monoisotopic (exact) mass is 350 g/mol. The minimum absolute atomic E-state index is 0.149. The van der Waals surface area contributed by atoms with Gasteiger partial charge >= 0.3 is 5.97 Å². The van der Waals surface area contributed by atoms with Gasteiger partial charge in [0.05, 0.1) is 34.6 Å².